The molecular formula is C20H37IN6OS. The fraction of sp³-hybridized carbons (Fsp3) is 0.850. The molecular weight excluding hydrogens is 499 g/mol. The molecule has 2 N–H and O–H groups in total. The molecule has 0 amide bonds. The lowest BCUT2D eigenvalue weighted by Gasteiger charge is -2.44. The van der Waals surface area contributed by atoms with Crippen molar-refractivity contribution in [2.45, 2.75) is 76.5 Å². The standard InChI is InChI=1S/C20H36N6OS.HI/c1-16-24-25-18(26(16)2)15-22-19(21-11-7-13-28-3)23-17-8-12-27-20(14-17)9-5-4-6-10-20;/h17H,4-15H2,1-3H3,(H2,21,22,23);1H. The predicted molar refractivity (Wildman–Crippen MR) is 131 cm³/mol. The van der Waals surface area contributed by atoms with E-state index in [1.165, 1.54) is 32.1 Å². The minimum absolute atomic E-state index is 0. The van der Waals surface area contributed by atoms with Crippen LogP contribution in [0.4, 0.5) is 0 Å². The lowest BCUT2D eigenvalue weighted by atomic mass is 9.78. The molecule has 3 rings (SSSR count). The minimum Gasteiger partial charge on any atom is -0.375 e. The molecule has 0 radical (unpaired) electrons. The van der Waals surface area contributed by atoms with Crippen molar-refractivity contribution in [3.63, 3.8) is 0 Å². The Labute approximate surface area is 196 Å². The summed E-state index contributed by atoms with van der Waals surface area (Å²) >= 11 is 1.88. The van der Waals surface area contributed by atoms with Gasteiger partial charge in [0.25, 0.3) is 0 Å². The molecule has 1 unspecified atom stereocenters. The Kier molecular flexibility index (Phi) is 10.5. The van der Waals surface area contributed by atoms with E-state index in [1.54, 1.807) is 0 Å². The van der Waals surface area contributed by atoms with Crippen molar-refractivity contribution in [2.75, 3.05) is 25.2 Å². The van der Waals surface area contributed by atoms with Crippen LogP contribution in [0.25, 0.3) is 0 Å². The second-order valence-corrected chi connectivity index (χ2v) is 9.07. The number of hydrogen-bond donors (Lipinski definition) is 2. The Balaban J connectivity index is 0.00000300. The van der Waals surface area contributed by atoms with Crippen molar-refractivity contribution < 1.29 is 4.74 Å². The third kappa shape index (κ3) is 7.27. The van der Waals surface area contributed by atoms with E-state index in [4.69, 9.17) is 9.73 Å². The maximum Gasteiger partial charge on any atom is 0.191 e. The number of nitrogens with one attached hydrogen (secondary N) is 2. The van der Waals surface area contributed by atoms with Gasteiger partial charge in [0.15, 0.2) is 11.8 Å². The van der Waals surface area contributed by atoms with Gasteiger partial charge in [-0.2, -0.15) is 11.8 Å². The molecule has 2 fully saturated rings. The summed E-state index contributed by atoms with van der Waals surface area (Å²) in [7, 11) is 1.99. The zero-order valence-corrected chi connectivity index (χ0v) is 21.2. The van der Waals surface area contributed by atoms with Crippen LogP contribution in [0, 0.1) is 6.92 Å². The average Bonchev–Trinajstić information content (AvgIpc) is 3.02. The molecule has 166 valence electrons. The number of nitrogens with zero attached hydrogens (tertiary/aromatic N) is 4. The monoisotopic (exact) mass is 536 g/mol. The maximum absolute atomic E-state index is 6.25. The number of aromatic nitrogens is 3. The van der Waals surface area contributed by atoms with Crippen molar-refractivity contribution in [3.05, 3.63) is 11.6 Å². The van der Waals surface area contributed by atoms with Gasteiger partial charge in [0.05, 0.1) is 5.60 Å². The predicted octanol–water partition coefficient (Wildman–Crippen LogP) is 3.41. The topological polar surface area (TPSA) is 76.4 Å². The first kappa shape index (κ1) is 24.7. The van der Waals surface area contributed by atoms with E-state index in [2.05, 4.69) is 27.1 Å². The van der Waals surface area contributed by atoms with Gasteiger partial charge in [0, 0.05) is 26.2 Å². The highest BCUT2D eigenvalue weighted by atomic mass is 127. The van der Waals surface area contributed by atoms with Gasteiger partial charge in [0.2, 0.25) is 0 Å². The maximum atomic E-state index is 6.25. The number of halogens is 1. The molecule has 9 heteroatoms. The number of hydrogen-bond acceptors (Lipinski definition) is 5. The summed E-state index contributed by atoms with van der Waals surface area (Å²) in [4.78, 5) is 4.82. The van der Waals surface area contributed by atoms with E-state index < -0.39 is 0 Å². The number of rotatable bonds is 7. The van der Waals surface area contributed by atoms with Crippen LogP contribution in [0.3, 0.4) is 0 Å². The molecule has 1 atom stereocenters. The molecule has 29 heavy (non-hydrogen) atoms. The lowest BCUT2D eigenvalue weighted by molar-refractivity contribution is -0.107. The van der Waals surface area contributed by atoms with Crippen molar-refractivity contribution in [3.8, 4) is 0 Å². The van der Waals surface area contributed by atoms with Crippen molar-refractivity contribution in [1.29, 1.82) is 0 Å². The van der Waals surface area contributed by atoms with Crippen LogP contribution in [0.15, 0.2) is 4.99 Å². The Morgan fingerprint density at radius 2 is 2.10 bits per heavy atom. The van der Waals surface area contributed by atoms with Gasteiger partial charge in [-0.05, 0) is 51.0 Å². The molecule has 1 aromatic heterocycles. The second kappa shape index (κ2) is 12.3. The van der Waals surface area contributed by atoms with Gasteiger partial charge < -0.3 is 19.9 Å². The van der Waals surface area contributed by atoms with Crippen LogP contribution >= 0.6 is 35.7 Å². The summed E-state index contributed by atoms with van der Waals surface area (Å²) in [6.45, 7) is 4.27. The van der Waals surface area contributed by atoms with Gasteiger partial charge in [-0.3, -0.25) is 0 Å². The first-order valence-electron chi connectivity index (χ1n) is 10.6. The lowest BCUT2D eigenvalue weighted by Crippen LogP contribution is -2.52. The van der Waals surface area contributed by atoms with Gasteiger partial charge in [0.1, 0.15) is 12.4 Å². The zero-order chi connectivity index (χ0) is 19.8. The highest BCUT2D eigenvalue weighted by Crippen LogP contribution is 2.38. The number of thioether (sulfide) groups is 1. The minimum atomic E-state index is 0. The smallest absolute Gasteiger partial charge is 0.191 e. The number of aryl methyl sites for hydroxylation is 1. The Morgan fingerprint density at radius 1 is 1.31 bits per heavy atom. The Hall–Kier alpha value is -0.550. The molecule has 1 aliphatic carbocycles. The largest absolute Gasteiger partial charge is 0.375 e. The number of ether oxygens (including phenoxy) is 1. The fourth-order valence-corrected chi connectivity index (χ4v) is 4.64. The van der Waals surface area contributed by atoms with Gasteiger partial charge in [-0.1, -0.05) is 19.3 Å². The summed E-state index contributed by atoms with van der Waals surface area (Å²) in [5.74, 6) is 3.85. The second-order valence-electron chi connectivity index (χ2n) is 8.09. The van der Waals surface area contributed by atoms with E-state index in [0.29, 0.717) is 12.6 Å². The zero-order valence-electron chi connectivity index (χ0n) is 18.1. The normalized spacial score (nSPS) is 21.6. The summed E-state index contributed by atoms with van der Waals surface area (Å²) in [5, 5.41) is 15.6. The van der Waals surface area contributed by atoms with Crippen LogP contribution in [0.2, 0.25) is 0 Å². The van der Waals surface area contributed by atoms with Crippen LogP contribution in [0.5, 0.6) is 0 Å². The molecule has 1 aliphatic heterocycles. The molecule has 0 aromatic carbocycles. The van der Waals surface area contributed by atoms with Gasteiger partial charge >= 0.3 is 0 Å². The molecule has 2 heterocycles. The summed E-state index contributed by atoms with van der Waals surface area (Å²) in [5.41, 5.74) is 0.0961. The van der Waals surface area contributed by atoms with E-state index in [0.717, 1.165) is 55.8 Å². The average molecular weight is 537 g/mol. The highest BCUT2D eigenvalue weighted by Gasteiger charge is 2.38. The summed E-state index contributed by atoms with van der Waals surface area (Å²) in [6.07, 6.45) is 11.8. The Morgan fingerprint density at radius 3 is 2.79 bits per heavy atom. The third-order valence-electron chi connectivity index (χ3n) is 5.98. The third-order valence-corrected chi connectivity index (χ3v) is 6.67. The molecule has 1 saturated heterocycles. The summed E-state index contributed by atoms with van der Waals surface area (Å²) in [6, 6.07) is 0.417. The van der Waals surface area contributed by atoms with Gasteiger partial charge in [-0.15, -0.1) is 34.2 Å². The van der Waals surface area contributed by atoms with Crippen molar-refractivity contribution >= 4 is 41.7 Å². The summed E-state index contributed by atoms with van der Waals surface area (Å²) < 4.78 is 8.25. The first-order chi connectivity index (χ1) is 13.6. The van der Waals surface area contributed by atoms with E-state index in [9.17, 15) is 0 Å². The Bertz CT molecular complexity index is 641. The van der Waals surface area contributed by atoms with E-state index >= 15 is 0 Å². The van der Waals surface area contributed by atoms with Crippen LogP contribution in [0.1, 0.15) is 63.0 Å². The molecule has 1 spiro atoms. The fourth-order valence-electron chi connectivity index (χ4n) is 4.20. The number of aliphatic imine (C=N–C) groups is 1. The van der Waals surface area contributed by atoms with Crippen molar-refractivity contribution in [2.24, 2.45) is 12.0 Å². The first-order valence-corrected chi connectivity index (χ1v) is 12.0. The SMILES string of the molecule is CSCCCNC(=NCc1nnc(C)n1C)NC1CCOC2(CCCCC2)C1.I. The van der Waals surface area contributed by atoms with E-state index in [1.807, 2.05) is 30.3 Å². The van der Waals surface area contributed by atoms with Crippen LogP contribution in [-0.2, 0) is 18.3 Å². The molecule has 7 nitrogen and oxygen atoms in total. The highest BCUT2D eigenvalue weighted by molar-refractivity contribution is 14.0. The van der Waals surface area contributed by atoms with Gasteiger partial charge in [-0.25, -0.2) is 4.99 Å². The molecule has 1 saturated carbocycles. The quantitative estimate of drug-likeness (QED) is 0.241. The van der Waals surface area contributed by atoms with E-state index in [-0.39, 0.29) is 29.6 Å². The molecule has 0 bridgehead atoms. The van der Waals surface area contributed by atoms with Crippen molar-refractivity contribution in [1.82, 2.24) is 25.4 Å². The molecule has 2 aliphatic rings. The number of guanidine groups is 1. The molecule has 1 aromatic rings. The van der Waals surface area contributed by atoms with Crippen LogP contribution in [-0.4, -0.2) is 57.5 Å². The van der Waals surface area contributed by atoms with Crippen LogP contribution < -0.4 is 10.6 Å².